The molecule has 0 bridgehead atoms. The molecule has 25 heavy (non-hydrogen) atoms. The van der Waals surface area contributed by atoms with Gasteiger partial charge < -0.3 is 19.5 Å². The highest BCUT2D eigenvalue weighted by atomic mass is 16.6. The van der Waals surface area contributed by atoms with Crippen LogP contribution in [0.25, 0.3) is 0 Å². The van der Waals surface area contributed by atoms with Crippen LogP contribution >= 0.6 is 0 Å². The van der Waals surface area contributed by atoms with Gasteiger partial charge in [-0.1, -0.05) is 32.1 Å². The lowest BCUT2D eigenvalue weighted by atomic mass is 9.94. The molecule has 0 rings (SSSR count). The van der Waals surface area contributed by atoms with Gasteiger partial charge >= 0.3 is 18.0 Å². The monoisotopic (exact) mass is 355 g/mol. The van der Waals surface area contributed by atoms with Crippen LogP contribution in [-0.4, -0.2) is 44.4 Å². The van der Waals surface area contributed by atoms with Gasteiger partial charge in [0.25, 0.3) is 0 Å². The molecule has 0 aliphatic carbocycles. The van der Waals surface area contributed by atoms with Crippen LogP contribution in [-0.2, 0) is 23.8 Å². The normalized spacial score (nSPS) is 11.3. The molecule has 0 heterocycles. The van der Waals surface area contributed by atoms with Crippen molar-refractivity contribution in [2.45, 2.75) is 34.6 Å². The fourth-order valence-corrected chi connectivity index (χ4v) is 1.74. The van der Waals surface area contributed by atoms with Gasteiger partial charge in [0, 0.05) is 5.57 Å². The van der Waals surface area contributed by atoms with Gasteiger partial charge in [-0.15, -0.1) is 0 Å². The summed E-state index contributed by atoms with van der Waals surface area (Å²) >= 11 is 0. The van der Waals surface area contributed by atoms with E-state index in [1.54, 1.807) is 0 Å². The van der Waals surface area contributed by atoms with Gasteiger partial charge in [-0.3, -0.25) is 4.79 Å². The first-order chi connectivity index (χ1) is 11.6. The Kier molecular flexibility index (Phi) is 11.0. The number of allylic oxidation sites excluding steroid dienone is 1. The Morgan fingerprint density at radius 3 is 2.12 bits per heavy atom. The van der Waals surface area contributed by atoms with E-state index in [4.69, 9.17) is 14.2 Å². The number of ether oxygens (including phenoxy) is 3. The van der Waals surface area contributed by atoms with E-state index in [-0.39, 0.29) is 49.7 Å². The summed E-state index contributed by atoms with van der Waals surface area (Å²) in [4.78, 5) is 34.5. The van der Waals surface area contributed by atoms with Crippen molar-refractivity contribution in [2.75, 3.05) is 26.4 Å². The van der Waals surface area contributed by atoms with Crippen molar-refractivity contribution >= 4 is 18.0 Å². The minimum Gasteiger partial charge on any atom is -0.462 e. The number of carbonyl (C=O) groups is 3. The zero-order valence-electron chi connectivity index (χ0n) is 15.7. The van der Waals surface area contributed by atoms with E-state index in [2.05, 4.69) is 11.9 Å². The van der Waals surface area contributed by atoms with Crippen molar-refractivity contribution < 1.29 is 28.6 Å². The average Bonchev–Trinajstić information content (AvgIpc) is 2.52. The third kappa shape index (κ3) is 11.0. The Bertz CT molecular complexity index is 506. The molecular formula is C18H29NO6. The van der Waals surface area contributed by atoms with Crippen LogP contribution in [0.1, 0.15) is 34.6 Å². The van der Waals surface area contributed by atoms with Gasteiger partial charge in [-0.2, -0.15) is 0 Å². The fraction of sp³-hybridized carbons (Fsp3) is 0.611. The molecule has 1 amide bonds. The Hall–Kier alpha value is -2.31. The lowest BCUT2D eigenvalue weighted by molar-refractivity contribution is -0.149. The molecule has 0 radical (unpaired) electrons. The van der Waals surface area contributed by atoms with E-state index in [0.717, 1.165) is 5.57 Å². The summed E-state index contributed by atoms with van der Waals surface area (Å²) in [6, 6.07) is 0. The van der Waals surface area contributed by atoms with Crippen LogP contribution in [0.5, 0.6) is 0 Å². The number of hydrogen-bond donors (Lipinski definition) is 1. The maximum atomic E-state index is 12.0. The van der Waals surface area contributed by atoms with E-state index >= 15 is 0 Å². The van der Waals surface area contributed by atoms with Gasteiger partial charge in [0.05, 0.1) is 12.5 Å². The smallest absolute Gasteiger partial charge is 0.407 e. The summed E-state index contributed by atoms with van der Waals surface area (Å²) in [7, 11) is 0. The lowest BCUT2D eigenvalue weighted by Crippen LogP contribution is -2.30. The molecule has 7 nitrogen and oxygen atoms in total. The first kappa shape index (κ1) is 22.7. The van der Waals surface area contributed by atoms with Gasteiger partial charge in [-0.25, -0.2) is 9.59 Å². The van der Waals surface area contributed by atoms with E-state index in [1.807, 2.05) is 33.8 Å². The molecule has 1 atom stereocenters. The fourth-order valence-electron chi connectivity index (χ4n) is 1.74. The molecule has 0 aromatic carbocycles. The zero-order chi connectivity index (χ0) is 19.4. The van der Waals surface area contributed by atoms with E-state index in [1.165, 1.54) is 6.92 Å². The second-order valence-corrected chi connectivity index (χ2v) is 6.16. The minimum absolute atomic E-state index is 0.0171. The number of rotatable bonds is 10. The molecule has 0 saturated heterocycles. The molecule has 1 unspecified atom stereocenters. The second kappa shape index (κ2) is 12.1. The third-order valence-electron chi connectivity index (χ3n) is 3.02. The predicted octanol–water partition coefficient (Wildman–Crippen LogP) is 2.61. The largest absolute Gasteiger partial charge is 0.462 e. The molecule has 0 saturated carbocycles. The molecule has 1 N–H and O–H groups in total. The molecule has 0 fully saturated rings. The summed E-state index contributed by atoms with van der Waals surface area (Å²) in [6.45, 7) is 12.8. The summed E-state index contributed by atoms with van der Waals surface area (Å²) in [6.07, 6.45) is 1.19. The second-order valence-electron chi connectivity index (χ2n) is 6.16. The number of nitrogens with one attached hydrogen (secondary N) is 1. The van der Waals surface area contributed by atoms with Crippen molar-refractivity contribution in [1.82, 2.24) is 5.32 Å². The Morgan fingerprint density at radius 1 is 1.00 bits per heavy atom. The summed E-state index contributed by atoms with van der Waals surface area (Å²) < 4.78 is 14.8. The zero-order valence-corrected chi connectivity index (χ0v) is 15.7. The summed E-state index contributed by atoms with van der Waals surface area (Å²) in [5, 5.41) is 2.41. The van der Waals surface area contributed by atoms with Gasteiger partial charge in [0.15, 0.2) is 0 Å². The first-order valence-corrected chi connectivity index (χ1v) is 8.20. The Morgan fingerprint density at radius 2 is 1.60 bits per heavy atom. The van der Waals surface area contributed by atoms with Crippen molar-refractivity contribution in [2.24, 2.45) is 11.8 Å². The highest BCUT2D eigenvalue weighted by Gasteiger charge is 2.21. The van der Waals surface area contributed by atoms with Crippen molar-refractivity contribution in [1.29, 1.82) is 0 Å². The first-order valence-electron chi connectivity index (χ1n) is 8.20. The van der Waals surface area contributed by atoms with E-state index in [9.17, 15) is 14.4 Å². The third-order valence-corrected chi connectivity index (χ3v) is 3.02. The molecule has 0 aliphatic heterocycles. The standard InChI is InChI=1S/C18H29NO6/c1-12(2)11-15(13(3)4)17(21)24-9-10-25-18(22)19-7-8-23-16(20)14(5)6/h11,13,15H,5,7-10H2,1-4,6H3,(H,19,22). The maximum Gasteiger partial charge on any atom is 0.407 e. The maximum absolute atomic E-state index is 12.0. The van der Waals surface area contributed by atoms with E-state index in [0.29, 0.717) is 0 Å². The SMILES string of the molecule is C=C(C)C(=O)OCCNC(=O)OCCOC(=O)C(C=C(C)C)C(C)C. The van der Waals surface area contributed by atoms with Crippen LogP contribution in [0.2, 0.25) is 0 Å². The van der Waals surface area contributed by atoms with Crippen LogP contribution in [0.15, 0.2) is 23.8 Å². The highest BCUT2D eigenvalue weighted by Crippen LogP contribution is 2.16. The van der Waals surface area contributed by atoms with E-state index < -0.39 is 12.1 Å². The van der Waals surface area contributed by atoms with Gasteiger partial charge in [0.2, 0.25) is 0 Å². The number of alkyl carbamates (subject to hydrolysis) is 1. The number of hydrogen-bond acceptors (Lipinski definition) is 6. The average molecular weight is 355 g/mol. The number of esters is 2. The quantitative estimate of drug-likeness (QED) is 0.213. The molecule has 7 heteroatoms. The van der Waals surface area contributed by atoms with Crippen molar-refractivity contribution in [3.63, 3.8) is 0 Å². The minimum atomic E-state index is -0.674. The number of carbonyl (C=O) groups excluding carboxylic acids is 3. The lowest BCUT2D eigenvalue weighted by Gasteiger charge is -2.16. The van der Waals surface area contributed by atoms with Gasteiger partial charge in [-0.05, 0) is 26.7 Å². The molecule has 0 aliphatic rings. The predicted molar refractivity (Wildman–Crippen MR) is 93.8 cm³/mol. The van der Waals surface area contributed by atoms with Crippen LogP contribution in [0.3, 0.4) is 0 Å². The number of amides is 1. The summed E-state index contributed by atoms with van der Waals surface area (Å²) in [5.74, 6) is -1.06. The molecular weight excluding hydrogens is 326 g/mol. The highest BCUT2D eigenvalue weighted by molar-refractivity contribution is 5.86. The molecule has 0 aromatic rings. The Balaban J connectivity index is 3.94. The van der Waals surface area contributed by atoms with Crippen LogP contribution in [0.4, 0.5) is 4.79 Å². The summed E-state index contributed by atoms with van der Waals surface area (Å²) in [5.41, 5.74) is 1.33. The molecule has 0 spiro atoms. The topological polar surface area (TPSA) is 90.9 Å². The Labute approximate surface area is 149 Å². The van der Waals surface area contributed by atoms with Crippen LogP contribution < -0.4 is 5.32 Å². The molecule has 0 aromatic heterocycles. The van der Waals surface area contributed by atoms with Crippen molar-refractivity contribution in [3.05, 3.63) is 23.8 Å². The molecule has 142 valence electrons. The van der Waals surface area contributed by atoms with Gasteiger partial charge in [0.1, 0.15) is 19.8 Å². The van der Waals surface area contributed by atoms with Crippen LogP contribution in [0, 0.1) is 11.8 Å². The van der Waals surface area contributed by atoms with Crippen molar-refractivity contribution in [3.8, 4) is 0 Å².